The normalized spacial score (nSPS) is 14.8. The van der Waals surface area contributed by atoms with Crippen LogP contribution in [0.5, 0.6) is 0 Å². The fourth-order valence-corrected chi connectivity index (χ4v) is 8.99. The van der Waals surface area contributed by atoms with Gasteiger partial charge in [-0.25, -0.2) is 0 Å². The third-order valence-corrected chi connectivity index (χ3v) is 12.3. The van der Waals surface area contributed by atoms with Crippen molar-refractivity contribution in [3.8, 4) is 0 Å². The molecule has 2 aromatic heterocycles. The third kappa shape index (κ3) is 10.2. The van der Waals surface area contributed by atoms with E-state index in [1.807, 2.05) is 54.8 Å². The summed E-state index contributed by atoms with van der Waals surface area (Å²) < 4.78 is 11.4. The van der Waals surface area contributed by atoms with Crippen molar-refractivity contribution in [2.24, 2.45) is 0 Å². The predicted octanol–water partition coefficient (Wildman–Crippen LogP) is 12.1. The zero-order chi connectivity index (χ0) is 41.3. The van der Waals surface area contributed by atoms with Gasteiger partial charge in [-0.2, -0.15) is 0 Å². The molecule has 0 radical (unpaired) electrons. The predicted molar refractivity (Wildman–Crippen MR) is 252 cm³/mol. The summed E-state index contributed by atoms with van der Waals surface area (Å²) in [5.74, 6) is 0.536. The molecule has 0 amide bonds. The molecule has 0 spiro atoms. The van der Waals surface area contributed by atoms with Crippen LogP contribution >= 0.6 is 0 Å². The van der Waals surface area contributed by atoms with Crippen LogP contribution in [0.25, 0.3) is 21.9 Å². The Morgan fingerprint density at radius 3 is 1.34 bits per heavy atom. The van der Waals surface area contributed by atoms with Crippen LogP contribution in [-0.4, -0.2) is 65.6 Å². The standard InChI is InChI=1S/C24H21NO2.C24H21NO.C6H15N.CH3.Pd/c26-24(21-15-27-22-14-8-7-13-20(21)22)16-25(17-24)23(18-9-3-1-4-10-18)19-11-5-2-6-12-19;1-3-9-18(10-4-1)24(19-11-5-2-6-12-19)25-15-20(16-25)22-17-26-23-14-8-7-13-21(22)23;1-4-7(5-2)6-3;;/h1-15,23,26H,16-17H2;1-14,17,20,24H,15-16H2;4-6H2,1-3H3;1H3;/q;;;-1;. The SMILES string of the molecule is CCN(CC)CC.OC1(c2coc3ccccc23)CN(C(c2ccccc2)c2ccccc2)C1.[CH3-].[Pd].c1ccc(C(c2ccccc2)N2CC(c3coc4ccccc34)C2)cc1. The van der Waals surface area contributed by atoms with E-state index in [4.69, 9.17) is 8.83 Å². The summed E-state index contributed by atoms with van der Waals surface area (Å²) in [5, 5.41) is 13.5. The number of para-hydroxylation sites is 2. The number of fused-ring (bicyclic) bond motifs is 2. The minimum atomic E-state index is -0.881. The van der Waals surface area contributed by atoms with Gasteiger partial charge in [0.2, 0.25) is 0 Å². The number of likely N-dealkylation sites (tertiary alicyclic amines) is 2. The van der Waals surface area contributed by atoms with Gasteiger partial charge in [-0.3, -0.25) is 9.80 Å². The number of rotatable bonds is 11. The van der Waals surface area contributed by atoms with E-state index in [1.54, 1.807) is 6.26 Å². The van der Waals surface area contributed by atoms with E-state index < -0.39 is 5.60 Å². The summed E-state index contributed by atoms with van der Waals surface area (Å²) in [6.07, 6.45) is 3.66. The maximum atomic E-state index is 11.3. The molecule has 7 heteroatoms. The number of nitrogens with zero attached hydrogens (tertiary/aromatic N) is 3. The molecule has 324 valence electrons. The summed E-state index contributed by atoms with van der Waals surface area (Å²) in [5.41, 5.74) is 8.35. The van der Waals surface area contributed by atoms with E-state index >= 15 is 0 Å². The average molecular weight is 918 g/mol. The zero-order valence-electron chi connectivity index (χ0n) is 36.4. The second-order valence-corrected chi connectivity index (χ2v) is 16.0. The largest absolute Gasteiger partial charge is 0.464 e. The fraction of sp³-hybridized carbons (Fsp3) is 0.255. The molecule has 0 bridgehead atoms. The summed E-state index contributed by atoms with van der Waals surface area (Å²) in [6, 6.07) is 59.3. The molecule has 2 aliphatic rings. The number of furan rings is 2. The van der Waals surface area contributed by atoms with Crippen molar-refractivity contribution in [1.82, 2.24) is 14.7 Å². The minimum absolute atomic E-state index is 0. The van der Waals surface area contributed by atoms with Gasteiger partial charge in [-0.15, -0.1) is 0 Å². The Morgan fingerprint density at radius 1 is 0.532 bits per heavy atom. The van der Waals surface area contributed by atoms with Crippen LogP contribution in [0.1, 0.15) is 72.2 Å². The smallest absolute Gasteiger partial charge is 0.134 e. The zero-order valence-corrected chi connectivity index (χ0v) is 38.0. The molecule has 0 unspecified atom stereocenters. The molecule has 6 nitrogen and oxygen atoms in total. The van der Waals surface area contributed by atoms with Gasteiger partial charge in [-0.1, -0.05) is 178 Å². The van der Waals surface area contributed by atoms with Crippen LogP contribution in [0.4, 0.5) is 0 Å². The number of hydrogen-bond acceptors (Lipinski definition) is 6. The van der Waals surface area contributed by atoms with E-state index in [1.165, 1.54) is 52.8 Å². The van der Waals surface area contributed by atoms with Crippen molar-refractivity contribution in [1.29, 1.82) is 0 Å². The summed E-state index contributed by atoms with van der Waals surface area (Å²) in [4.78, 5) is 7.27. The Morgan fingerprint density at radius 2 is 0.903 bits per heavy atom. The van der Waals surface area contributed by atoms with Gasteiger partial charge in [0, 0.05) is 74.4 Å². The first-order chi connectivity index (χ1) is 29.5. The van der Waals surface area contributed by atoms with Gasteiger partial charge in [0.05, 0.1) is 24.6 Å². The number of aliphatic hydroxyl groups is 1. The van der Waals surface area contributed by atoms with Crippen molar-refractivity contribution >= 4 is 21.9 Å². The van der Waals surface area contributed by atoms with Crippen LogP contribution < -0.4 is 0 Å². The van der Waals surface area contributed by atoms with E-state index in [2.05, 4.69) is 157 Å². The van der Waals surface area contributed by atoms with E-state index in [0.717, 1.165) is 35.2 Å². The first-order valence-corrected chi connectivity index (χ1v) is 21.5. The van der Waals surface area contributed by atoms with Crippen LogP contribution in [0.15, 0.2) is 191 Å². The molecule has 62 heavy (non-hydrogen) atoms. The molecule has 2 fully saturated rings. The Balaban J connectivity index is 0.000000175. The van der Waals surface area contributed by atoms with Crippen molar-refractivity contribution in [2.45, 2.75) is 44.4 Å². The fourth-order valence-electron chi connectivity index (χ4n) is 8.99. The van der Waals surface area contributed by atoms with Crippen LogP contribution in [0.3, 0.4) is 0 Å². The molecular weight excluding hydrogens is 857 g/mol. The Bertz CT molecular complexity index is 2420. The first kappa shape index (κ1) is 46.4. The molecule has 10 rings (SSSR count). The molecular formula is C55H60N3O3Pd-. The Kier molecular flexibility index (Phi) is 16.3. The van der Waals surface area contributed by atoms with Gasteiger partial charge in [0.1, 0.15) is 16.8 Å². The number of hydrogen-bond donors (Lipinski definition) is 1. The third-order valence-electron chi connectivity index (χ3n) is 12.3. The van der Waals surface area contributed by atoms with Crippen molar-refractivity contribution in [3.63, 3.8) is 0 Å². The maximum Gasteiger partial charge on any atom is 0.134 e. The first-order valence-electron chi connectivity index (χ1n) is 21.5. The monoisotopic (exact) mass is 916 g/mol. The Labute approximate surface area is 382 Å². The average Bonchev–Trinajstić information content (AvgIpc) is 3.92. The molecule has 0 atom stereocenters. The Hall–Kier alpha value is -5.10. The van der Waals surface area contributed by atoms with Crippen molar-refractivity contribution in [3.05, 3.63) is 223 Å². The molecule has 4 heterocycles. The molecule has 1 N–H and O–H groups in total. The van der Waals surface area contributed by atoms with Gasteiger partial charge in [-0.05, 0) is 54.0 Å². The summed E-state index contributed by atoms with van der Waals surface area (Å²) in [6.45, 7) is 13.4. The molecule has 2 saturated heterocycles. The second kappa shape index (κ2) is 21.8. The minimum Gasteiger partial charge on any atom is -0.464 e. The van der Waals surface area contributed by atoms with Crippen LogP contribution in [0, 0.1) is 7.43 Å². The van der Waals surface area contributed by atoms with E-state index in [0.29, 0.717) is 25.0 Å². The van der Waals surface area contributed by atoms with Gasteiger partial charge < -0.3 is 26.3 Å². The van der Waals surface area contributed by atoms with E-state index in [9.17, 15) is 5.11 Å². The molecule has 0 saturated carbocycles. The quantitative estimate of drug-likeness (QED) is 0.103. The van der Waals surface area contributed by atoms with Gasteiger partial charge in [0.25, 0.3) is 0 Å². The molecule has 2 aliphatic heterocycles. The van der Waals surface area contributed by atoms with Gasteiger partial charge >= 0.3 is 0 Å². The summed E-state index contributed by atoms with van der Waals surface area (Å²) >= 11 is 0. The summed E-state index contributed by atoms with van der Waals surface area (Å²) in [7, 11) is 0. The maximum absolute atomic E-state index is 11.3. The molecule has 6 aromatic carbocycles. The molecule has 8 aromatic rings. The van der Waals surface area contributed by atoms with Crippen molar-refractivity contribution < 1.29 is 34.4 Å². The van der Waals surface area contributed by atoms with Crippen molar-refractivity contribution in [2.75, 3.05) is 45.8 Å². The van der Waals surface area contributed by atoms with Crippen LogP contribution in [0.2, 0.25) is 0 Å². The van der Waals surface area contributed by atoms with Crippen LogP contribution in [-0.2, 0) is 26.0 Å². The van der Waals surface area contributed by atoms with Gasteiger partial charge in [0.15, 0.2) is 0 Å². The van der Waals surface area contributed by atoms with E-state index in [-0.39, 0.29) is 33.9 Å². The topological polar surface area (TPSA) is 56.2 Å². The molecule has 0 aliphatic carbocycles. The number of benzene rings is 6. The number of β-amino-alcohol motifs (C(OH)–C–C–N with tert-alkyl or cyclic N) is 1. The second-order valence-electron chi connectivity index (χ2n) is 16.0.